The lowest BCUT2D eigenvalue weighted by atomic mass is 10.1. The molecule has 0 bridgehead atoms. The maximum absolute atomic E-state index is 12.8. The van der Waals surface area contributed by atoms with E-state index in [0.717, 1.165) is 0 Å². The Morgan fingerprint density at radius 2 is 2.05 bits per heavy atom. The summed E-state index contributed by atoms with van der Waals surface area (Å²) in [5.74, 6) is -0.394. The molecule has 1 aromatic heterocycles. The van der Waals surface area contributed by atoms with Crippen molar-refractivity contribution in [1.29, 1.82) is 0 Å². The Balaban J connectivity index is 2.06. The van der Waals surface area contributed by atoms with Crippen LogP contribution in [0.2, 0.25) is 0 Å². The molecule has 0 radical (unpaired) electrons. The van der Waals surface area contributed by atoms with Crippen molar-refractivity contribution >= 4 is 5.97 Å². The van der Waals surface area contributed by atoms with E-state index < -0.39 is 11.5 Å². The summed E-state index contributed by atoms with van der Waals surface area (Å²) in [7, 11) is 0. The predicted octanol–water partition coefficient (Wildman–Crippen LogP) is 2.43. The van der Waals surface area contributed by atoms with Crippen molar-refractivity contribution in [3.63, 3.8) is 0 Å². The summed E-state index contributed by atoms with van der Waals surface area (Å²) < 4.78 is 18.3. The Hall–Kier alpha value is -2.21. The Bertz CT molecular complexity index is 605. The molecule has 1 heterocycles. The van der Waals surface area contributed by atoms with Gasteiger partial charge in [-0.25, -0.2) is 9.37 Å². The van der Waals surface area contributed by atoms with E-state index in [2.05, 4.69) is 10.3 Å². The molecule has 0 aliphatic carbocycles. The second-order valence-electron chi connectivity index (χ2n) is 4.91. The first-order valence-corrected chi connectivity index (χ1v) is 6.07. The Labute approximate surface area is 115 Å². The quantitative estimate of drug-likeness (QED) is 0.878. The van der Waals surface area contributed by atoms with E-state index >= 15 is 0 Å². The zero-order valence-electron chi connectivity index (χ0n) is 11.2. The topological polar surface area (TPSA) is 75.4 Å². The number of oxazole rings is 1. The highest BCUT2D eigenvalue weighted by Crippen LogP contribution is 2.20. The molecule has 0 unspecified atom stereocenters. The van der Waals surface area contributed by atoms with Crippen molar-refractivity contribution in [3.8, 4) is 11.3 Å². The van der Waals surface area contributed by atoms with Crippen LogP contribution in [-0.4, -0.2) is 21.6 Å². The molecule has 0 atom stereocenters. The molecule has 0 aliphatic rings. The van der Waals surface area contributed by atoms with Gasteiger partial charge in [0.25, 0.3) is 0 Å². The van der Waals surface area contributed by atoms with E-state index in [1.165, 1.54) is 18.3 Å². The average Bonchev–Trinajstić information content (AvgIpc) is 2.86. The molecule has 0 fully saturated rings. The molecule has 0 saturated carbocycles. The lowest BCUT2D eigenvalue weighted by Crippen LogP contribution is -2.46. The smallest absolute Gasteiger partial charge is 0.323 e. The van der Waals surface area contributed by atoms with Crippen LogP contribution in [-0.2, 0) is 11.3 Å². The van der Waals surface area contributed by atoms with E-state index in [-0.39, 0.29) is 12.4 Å². The molecule has 2 aromatic rings. The number of nitrogens with zero attached hydrogens (tertiary/aromatic N) is 1. The van der Waals surface area contributed by atoms with Gasteiger partial charge >= 0.3 is 5.97 Å². The number of nitrogens with one attached hydrogen (secondary N) is 1. The third kappa shape index (κ3) is 3.21. The van der Waals surface area contributed by atoms with Crippen LogP contribution in [0.5, 0.6) is 0 Å². The fraction of sp³-hybridized carbons (Fsp3) is 0.286. The highest BCUT2D eigenvalue weighted by molar-refractivity contribution is 5.77. The summed E-state index contributed by atoms with van der Waals surface area (Å²) >= 11 is 0. The number of benzene rings is 1. The molecule has 106 valence electrons. The Morgan fingerprint density at radius 3 is 2.65 bits per heavy atom. The normalized spacial score (nSPS) is 11.6. The van der Waals surface area contributed by atoms with E-state index in [4.69, 9.17) is 9.52 Å². The Kier molecular flexibility index (Phi) is 3.85. The van der Waals surface area contributed by atoms with E-state index in [1.807, 2.05) is 0 Å². The molecule has 1 aromatic carbocycles. The SMILES string of the molecule is CC(C)(NCc1ncc(-c2ccc(F)cc2)o1)C(=O)O. The van der Waals surface area contributed by atoms with Crippen LogP contribution in [0.3, 0.4) is 0 Å². The second-order valence-corrected chi connectivity index (χ2v) is 4.91. The molecule has 20 heavy (non-hydrogen) atoms. The first kappa shape index (κ1) is 14.2. The van der Waals surface area contributed by atoms with Crippen LogP contribution in [0.4, 0.5) is 4.39 Å². The third-order valence-electron chi connectivity index (χ3n) is 2.90. The largest absolute Gasteiger partial charge is 0.480 e. The predicted molar refractivity (Wildman–Crippen MR) is 70.5 cm³/mol. The van der Waals surface area contributed by atoms with Crippen molar-refractivity contribution in [1.82, 2.24) is 10.3 Å². The molecule has 0 amide bonds. The minimum Gasteiger partial charge on any atom is -0.480 e. The van der Waals surface area contributed by atoms with E-state index in [1.54, 1.807) is 26.0 Å². The van der Waals surface area contributed by atoms with Gasteiger partial charge in [-0.1, -0.05) is 0 Å². The molecule has 6 heteroatoms. The summed E-state index contributed by atoms with van der Waals surface area (Å²) in [6.45, 7) is 3.30. The summed E-state index contributed by atoms with van der Waals surface area (Å²) in [5.41, 5.74) is -0.354. The molecule has 2 N–H and O–H groups in total. The number of aliphatic carboxylic acids is 1. The number of carboxylic acids is 1. The number of hydrogen-bond donors (Lipinski definition) is 2. The van der Waals surface area contributed by atoms with Crippen LogP contribution in [0, 0.1) is 5.82 Å². The number of halogens is 1. The first-order valence-electron chi connectivity index (χ1n) is 6.07. The maximum Gasteiger partial charge on any atom is 0.323 e. The lowest BCUT2D eigenvalue weighted by Gasteiger charge is -2.19. The van der Waals surface area contributed by atoms with Crippen LogP contribution in [0.1, 0.15) is 19.7 Å². The first-order chi connectivity index (χ1) is 9.38. The fourth-order valence-electron chi connectivity index (χ4n) is 1.51. The molecule has 5 nitrogen and oxygen atoms in total. The van der Waals surface area contributed by atoms with Gasteiger partial charge in [0, 0.05) is 5.56 Å². The summed E-state index contributed by atoms with van der Waals surface area (Å²) in [4.78, 5) is 15.0. The molecule has 2 rings (SSSR count). The number of rotatable bonds is 5. The van der Waals surface area contributed by atoms with Crippen LogP contribution in [0.15, 0.2) is 34.9 Å². The van der Waals surface area contributed by atoms with Gasteiger partial charge in [0.15, 0.2) is 5.76 Å². The molecular formula is C14H15FN2O3. The molecular weight excluding hydrogens is 263 g/mol. The van der Waals surface area contributed by atoms with Crippen molar-refractivity contribution in [2.24, 2.45) is 0 Å². The van der Waals surface area contributed by atoms with Crippen LogP contribution < -0.4 is 5.32 Å². The lowest BCUT2D eigenvalue weighted by molar-refractivity contribution is -0.143. The number of carbonyl (C=O) groups is 1. The maximum atomic E-state index is 12.8. The molecule has 0 aliphatic heterocycles. The average molecular weight is 278 g/mol. The number of carboxylic acid groups (broad SMARTS) is 1. The minimum absolute atomic E-state index is 0.195. The fourth-order valence-corrected chi connectivity index (χ4v) is 1.51. The second kappa shape index (κ2) is 5.42. The number of hydrogen-bond acceptors (Lipinski definition) is 4. The van der Waals surface area contributed by atoms with Gasteiger partial charge in [-0.3, -0.25) is 10.1 Å². The zero-order chi connectivity index (χ0) is 14.8. The number of aromatic nitrogens is 1. The Morgan fingerprint density at radius 1 is 1.40 bits per heavy atom. The van der Waals surface area contributed by atoms with Crippen molar-refractivity contribution in [3.05, 3.63) is 42.2 Å². The summed E-state index contributed by atoms with van der Waals surface area (Å²) in [6, 6.07) is 5.86. The van der Waals surface area contributed by atoms with Gasteiger partial charge in [0.05, 0.1) is 12.7 Å². The van der Waals surface area contributed by atoms with Gasteiger partial charge in [-0.05, 0) is 38.1 Å². The third-order valence-corrected chi connectivity index (χ3v) is 2.90. The van der Waals surface area contributed by atoms with Gasteiger partial charge in [-0.15, -0.1) is 0 Å². The van der Waals surface area contributed by atoms with E-state index in [9.17, 15) is 9.18 Å². The molecule has 0 saturated heterocycles. The summed E-state index contributed by atoms with van der Waals surface area (Å²) in [6.07, 6.45) is 1.53. The van der Waals surface area contributed by atoms with Crippen molar-refractivity contribution in [2.45, 2.75) is 25.9 Å². The highest BCUT2D eigenvalue weighted by atomic mass is 19.1. The molecule has 0 spiro atoms. The summed E-state index contributed by atoms with van der Waals surface area (Å²) in [5, 5.41) is 11.8. The standard InChI is InChI=1S/C14H15FN2O3/c1-14(2,13(18)19)17-8-12-16-7-11(20-12)9-3-5-10(15)6-4-9/h3-7,17H,8H2,1-2H3,(H,18,19). The van der Waals surface area contributed by atoms with Gasteiger partial charge in [0.1, 0.15) is 11.4 Å². The van der Waals surface area contributed by atoms with Crippen molar-refractivity contribution < 1.29 is 18.7 Å². The minimum atomic E-state index is -1.06. The van der Waals surface area contributed by atoms with Crippen LogP contribution in [0.25, 0.3) is 11.3 Å². The van der Waals surface area contributed by atoms with Gasteiger partial charge in [0.2, 0.25) is 5.89 Å². The zero-order valence-corrected chi connectivity index (χ0v) is 11.2. The van der Waals surface area contributed by atoms with Gasteiger partial charge < -0.3 is 9.52 Å². The van der Waals surface area contributed by atoms with Gasteiger partial charge in [-0.2, -0.15) is 0 Å². The highest BCUT2D eigenvalue weighted by Gasteiger charge is 2.26. The monoisotopic (exact) mass is 278 g/mol. The van der Waals surface area contributed by atoms with Crippen LogP contribution >= 0.6 is 0 Å². The van der Waals surface area contributed by atoms with Crippen molar-refractivity contribution in [2.75, 3.05) is 0 Å². The van der Waals surface area contributed by atoms with E-state index in [0.29, 0.717) is 17.2 Å².